The molecule has 8 nitrogen and oxygen atoms in total. The van der Waals surface area contributed by atoms with Crippen LogP contribution in [0.3, 0.4) is 0 Å². The van der Waals surface area contributed by atoms with E-state index in [-0.39, 0.29) is 5.75 Å². The second-order valence-electron chi connectivity index (χ2n) is 8.63. The summed E-state index contributed by atoms with van der Waals surface area (Å²) in [6.07, 6.45) is 4.00. The Bertz CT molecular complexity index is 1280. The van der Waals surface area contributed by atoms with Gasteiger partial charge in [-0.25, -0.2) is 19.3 Å². The van der Waals surface area contributed by atoms with Crippen LogP contribution in [-0.4, -0.2) is 34.6 Å². The van der Waals surface area contributed by atoms with Gasteiger partial charge in [-0.2, -0.15) is 10.2 Å². The van der Waals surface area contributed by atoms with Crippen LogP contribution in [0.25, 0.3) is 17.1 Å². The van der Waals surface area contributed by atoms with Gasteiger partial charge >= 0.3 is 0 Å². The van der Waals surface area contributed by atoms with E-state index < -0.39 is 0 Å². The van der Waals surface area contributed by atoms with E-state index >= 15 is 0 Å². The Morgan fingerprint density at radius 3 is 2.44 bits per heavy atom. The second kappa shape index (κ2) is 7.78. The Morgan fingerprint density at radius 1 is 1.03 bits per heavy atom. The Hall–Kier alpha value is -3.68. The predicted molar refractivity (Wildman–Crippen MR) is 123 cm³/mol. The van der Waals surface area contributed by atoms with Gasteiger partial charge in [-0.05, 0) is 46.5 Å². The normalized spacial score (nSPS) is 13.5. The number of aryl methyl sites for hydroxylation is 2. The average molecular weight is 430 g/mol. The molecule has 0 saturated heterocycles. The molecule has 3 aromatic heterocycles. The average Bonchev–Trinajstić information content (AvgIpc) is 3.51. The summed E-state index contributed by atoms with van der Waals surface area (Å²) in [6, 6.07) is 10.3. The van der Waals surface area contributed by atoms with E-state index in [2.05, 4.69) is 63.2 Å². The van der Waals surface area contributed by atoms with Gasteiger partial charge in [0.05, 0.1) is 11.4 Å². The molecule has 0 bridgehead atoms. The van der Waals surface area contributed by atoms with Crippen molar-refractivity contribution in [1.82, 2.24) is 29.5 Å². The highest BCUT2D eigenvalue weighted by Crippen LogP contribution is 2.35. The van der Waals surface area contributed by atoms with E-state index in [1.54, 1.807) is 11.6 Å². The fourth-order valence-electron chi connectivity index (χ4n) is 3.88. The summed E-state index contributed by atoms with van der Waals surface area (Å²) in [5.74, 6) is 3.04. The largest absolute Gasteiger partial charge is 0.504 e. The van der Waals surface area contributed by atoms with Crippen molar-refractivity contribution in [1.29, 1.82) is 0 Å². The lowest BCUT2D eigenvalue weighted by atomic mass is 10.1. The molecule has 1 aliphatic rings. The lowest BCUT2D eigenvalue weighted by Gasteiger charge is -2.11. The number of rotatable bonds is 6. The molecule has 0 unspecified atom stereocenters. The van der Waals surface area contributed by atoms with Gasteiger partial charge in [0.1, 0.15) is 23.7 Å². The standard InChI is InChI=1S/C24H27N7O/c1-14-5-9-19(10-6-14)22-15(2)24(30(29-22)12-18-7-8-18)27-20-11-21(26-13-25-20)31-17(4)23(32)16(3)28-31/h5-6,9-11,13,18,32H,7-8,12H2,1-4H3,(H,25,26,27). The highest BCUT2D eigenvalue weighted by molar-refractivity contribution is 5.71. The number of aromatic hydroxyl groups is 1. The van der Waals surface area contributed by atoms with Crippen molar-refractivity contribution in [3.63, 3.8) is 0 Å². The number of nitrogens with one attached hydrogen (secondary N) is 1. The first-order chi connectivity index (χ1) is 15.4. The van der Waals surface area contributed by atoms with Crippen LogP contribution in [0.1, 0.15) is 35.4 Å². The summed E-state index contributed by atoms with van der Waals surface area (Å²) in [5.41, 5.74) is 5.60. The van der Waals surface area contributed by atoms with Gasteiger partial charge in [-0.1, -0.05) is 29.8 Å². The Balaban J connectivity index is 1.52. The van der Waals surface area contributed by atoms with Gasteiger partial charge in [0.15, 0.2) is 11.6 Å². The minimum absolute atomic E-state index is 0.180. The minimum atomic E-state index is 0.180. The summed E-state index contributed by atoms with van der Waals surface area (Å²) in [7, 11) is 0. The SMILES string of the molecule is Cc1ccc(-c2nn(CC3CC3)c(Nc3cc(-n4nc(C)c(O)c4C)ncn3)c2C)cc1. The van der Waals surface area contributed by atoms with Crippen molar-refractivity contribution in [3.8, 4) is 22.8 Å². The topological polar surface area (TPSA) is 93.7 Å². The summed E-state index contributed by atoms with van der Waals surface area (Å²) in [5, 5.41) is 23.0. The van der Waals surface area contributed by atoms with Crippen LogP contribution in [0.15, 0.2) is 36.7 Å². The molecule has 3 heterocycles. The monoisotopic (exact) mass is 429 g/mol. The zero-order valence-electron chi connectivity index (χ0n) is 18.8. The fourth-order valence-corrected chi connectivity index (χ4v) is 3.88. The molecule has 0 spiro atoms. The van der Waals surface area contributed by atoms with E-state index in [1.165, 1.54) is 24.7 Å². The number of benzene rings is 1. The van der Waals surface area contributed by atoms with Gasteiger partial charge in [0, 0.05) is 23.7 Å². The minimum Gasteiger partial charge on any atom is -0.504 e. The van der Waals surface area contributed by atoms with Crippen molar-refractivity contribution < 1.29 is 5.11 Å². The third-order valence-corrected chi connectivity index (χ3v) is 6.01. The van der Waals surface area contributed by atoms with Crippen molar-refractivity contribution in [3.05, 3.63) is 59.2 Å². The maximum atomic E-state index is 10.1. The third kappa shape index (κ3) is 3.72. The molecular weight excluding hydrogens is 402 g/mol. The number of nitrogens with zero attached hydrogens (tertiary/aromatic N) is 6. The van der Waals surface area contributed by atoms with Crippen LogP contribution in [0, 0.1) is 33.6 Å². The van der Waals surface area contributed by atoms with Crippen LogP contribution < -0.4 is 5.32 Å². The molecule has 0 amide bonds. The fraction of sp³-hybridized carbons (Fsp3) is 0.333. The van der Waals surface area contributed by atoms with Crippen LogP contribution in [-0.2, 0) is 6.54 Å². The number of hydrogen-bond acceptors (Lipinski definition) is 6. The molecule has 1 saturated carbocycles. The Labute approximate surface area is 187 Å². The highest BCUT2D eigenvalue weighted by atomic mass is 16.3. The Kier molecular flexibility index (Phi) is 4.92. The maximum Gasteiger partial charge on any atom is 0.160 e. The molecule has 2 N–H and O–H groups in total. The molecular formula is C24H27N7O. The quantitative estimate of drug-likeness (QED) is 0.465. The molecule has 1 aromatic carbocycles. The van der Waals surface area contributed by atoms with Gasteiger partial charge in [0.25, 0.3) is 0 Å². The maximum absolute atomic E-state index is 10.1. The molecule has 32 heavy (non-hydrogen) atoms. The summed E-state index contributed by atoms with van der Waals surface area (Å²) < 4.78 is 3.70. The molecule has 1 fully saturated rings. The summed E-state index contributed by atoms with van der Waals surface area (Å²) in [6.45, 7) is 8.65. The van der Waals surface area contributed by atoms with E-state index in [1.807, 2.05) is 13.0 Å². The molecule has 1 aliphatic carbocycles. The molecule has 164 valence electrons. The number of aromatic nitrogens is 6. The lowest BCUT2D eigenvalue weighted by molar-refractivity contribution is 0.466. The first-order valence-corrected chi connectivity index (χ1v) is 10.9. The van der Waals surface area contributed by atoms with Gasteiger partial charge in [-0.3, -0.25) is 0 Å². The van der Waals surface area contributed by atoms with Gasteiger partial charge < -0.3 is 10.4 Å². The van der Waals surface area contributed by atoms with Gasteiger partial charge in [0.2, 0.25) is 0 Å². The van der Waals surface area contributed by atoms with Crippen molar-refractivity contribution in [2.24, 2.45) is 5.92 Å². The molecule has 0 atom stereocenters. The van der Waals surface area contributed by atoms with Crippen molar-refractivity contribution in [2.45, 2.75) is 47.1 Å². The first-order valence-electron chi connectivity index (χ1n) is 10.9. The Morgan fingerprint density at radius 2 is 1.78 bits per heavy atom. The van der Waals surface area contributed by atoms with Gasteiger partial charge in [-0.15, -0.1) is 0 Å². The van der Waals surface area contributed by atoms with Crippen LogP contribution in [0.5, 0.6) is 5.75 Å². The number of hydrogen-bond donors (Lipinski definition) is 2. The summed E-state index contributed by atoms with van der Waals surface area (Å²) in [4.78, 5) is 8.77. The van der Waals surface area contributed by atoms with Crippen LogP contribution in [0.2, 0.25) is 0 Å². The van der Waals surface area contributed by atoms with Crippen LogP contribution >= 0.6 is 0 Å². The summed E-state index contributed by atoms with van der Waals surface area (Å²) >= 11 is 0. The van der Waals surface area contributed by atoms with E-state index in [9.17, 15) is 5.11 Å². The van der Waals surface area contributed by atoms with E-state index in [4.69, 9.17) is 5.10 Å². The molecule has 5 rings (SSSR count). The third-order valence-electron chi connectivity index (χ3n) is 6.01. The van der Waals surface area contributed by atoms with E-state index in [0.29, 0.717) is 28.9 Å². The molecule has 0 radical (unpaired) electrons. The smallest absolute Gasteiger partial charge is 0.160 e. The first kappa shape index (κ1) is 20.2. The van der Waals surface area contributed by atoms with E-state index in [0.717, 1.165) is 29.2 Å². The second-order valence-corrected chi connectivity index (χ2v) is 8.63. The van der Waals surface area contributed by atoms with Crippen molar-refractivity contribution in [2.75, 3.05) is 5.32 Å². The van der Waals surface area contributed by atoms with Crippen molar-refractivity contribution >= 4 is 11.6 Å². The zero-order valence-corrected chi connectivity index (χ0v) is 18.8. The molecule has 4 aromatic rings. The predicted octanol–water partition coefficient (Wildman–Crippen LogP) is 4.62. The zero-order chi connectivity index (χ0) is 22.4. The molecule has 0 aliphatic heterocycles. The van der Waals surface area contributed by atoms with Crippen LogP contribution in [0.4, 0.5) is 11.6 Å². The highest BCUT2D eigenvalue weighted by Gasteiger charge is 2.25. The number of anilines is 2. The molecule has 8 heteroatoms. The lowest BCUT2D eigenvalue weighted by Crippen LogP contribution is -2.09.